The molecule has 3 heteroatoms. The highest BCUT2D eigenvalue weighted by Gasteiger charge is 2.09. The van der Waals surface area contributed by atoms with E-state index in [2.05, 4.69) is 44.8 Å². The summed E-state index contributed by atoms with van der Waals surface area (Å²) in [5.41, 5.74) is 7.29. The molecule has 0 unspecified atom stereocenters. The van der Waals surface area contributed by atoms with Crippen molar-refractivity contribution >= 4 is 31.9 Å². The second-order valence-electron chi connectivity index (χ2n) is 3.41. The van der Waals surface area contributed by atoms with Crippen molar-refractivity contribution in [2.75, 3.05) is 0 Å². The number of hydrogen-bond acceptors (Lipinski definition) is 1. The maximum absolute atomic E-state index is 6.10. The average Bonchev–Trinajstić information content (AvgIpc) is 2.18. The van der Waals surface area contributed by atoms with E-state index in [9.17, 15) is 0 Å². The summed E-state index contributed by atoms with van der Waals surface area (Å²) < 4.78 is 2.19. The summed E-state index contributed by atoms with van der Waals surface area (Å²) in [5.74, 6) is 0. The van der Waals surface area contributed by atoms with E-state index in [4.69, 9.17) is 5.73 Å². The van der Waals surface area contributed by atoms with Gasteiger partial charge in [-0.1, -0.05) is 51.6 Å². The summed E-state index contributed by atoms with van der Waals surface area (Å²) in [6.45, 7) is 2.18. The molecule has 0 saturated heterocycles. The van der Waals surface area contributed by atoms with E-state index in [0.29, 0.717) is 0 Å². The molecule has 0 spiro atoms. The second kappa shape index (κ2) is 5.89. The van der Waals surface area contributed by atoms with Crippen LogP contribution in [0.3, 0.4) is 0 Å². The van der Waals surface area contributed by atoms with Gasteiger partial charge in [0.25, 0.3) is 0 Å². The van der Waals surface area contributed by atoms with Crippen molar-refractivity contribution in [3.05, 3.63) is 32.7 Å². The average molecular weight is 321 g/mol. The van der Waals surface area contributed by atoms with E-state index in [-0.39, 0.29) is 6.04 Å². The highest BCUT2D eigenvalue weighted by Crippen LogP contribution is 2.28. The van der Waals surface area contributed by atoms with Gasteiger partial charge >= 0.3 is 0 Å². The zero-order chi connectivity index (χ0) is 10.6. The Morgan fingerprint density at radius 2 is 2.07 bits per heavy atom. The van der Waals surface area contributed by atoms with E-state index < -0.39 is 0 Å². The molecule has 0 aromatic heterocycles. The Morgan fingerprint density at radius 3 is 2.71 bits per heavy atom. The standard InChI is InChI=1S/C11H15Br2N/c1-2-3-4-11(14)9-7-8(12)5-6-10(9)13/h5-7,11H,2-4,14H2,1H3/t11-/m0/s1. The SMILES string of the molecule is CCCC[C@H](N)c1cc(Br)ccc1Br. The number of rotatable bonds is 4. The fraction of sp³-hybridized carbons (Fsp3) is 0.455. The molecule has 0 aliphatic rings. The molecule has 1 atom stereocenters. The van der Waals surface area contributed by atoms with Gasteiger partial charge in [0.15, 0.2) is 0 Å². The Bertz CT molecular complexity index is 299. The van der Waals surface area contributed by atoms with Crippen LogP contribution in [0.5, 0.6) is 0 Å². The Morgan fingerprint density at radius 1 is 1.36 bits per heavy atom. The van der Waals surface area contributed by atoms with Crippen molar-refractivity contribution in [3.63, 3.8) is 0 Å². The molecule has 0 heterocycles. The number of unbranched alkanes of at least 4 members (excludes halogenated alkanes) is 1. The molecule has 1 rings (SSSR count). The molecule has 0 fully saturated rings. The lowest BCUT2D eigenvalue weighted by Gasteiger charge is -2.13. The monoisotopic (exact) mass is 319 g/mol. The fourth-order valence-corrected chi connectivity index (χ4v) is 2.30. The maximum Gasteiger partial charge on any atom is 0.0306 e. The van der Waals surface area contributed by atoms with Crippen molar-refractivity contribution < 1.29 is 0 Å². The second-order valence-corrected chi connectivity index (χ2v) is 5.18. The lowest BCUT2D eigenvalue weighted by molar-refractivity contribution is 0.601. The quantitative estimate of drug-likeness (QED) is 0.874. The Hall–Kier alpha value is 0.140. The molecule has 0 aliphatic carbocycles. The van der Waals surface area contributed by atoms with Gasteiger partial charge in [-0.3, -0.25) is 0 Å². The van der Waals surface area contributed by atoms with Gasteiger partial charge in [0.1, 0.15) is 0 Å². The number of halogens is 2. The molecule has 0 saturated carbocycles. The van der Waals surface area contributed by atoms with Crippen LogP contribution in [0.4, 0.5) is 0 Å². The summed E-state index contributed by atoms with van der Waals surface area (Å²) in [7, 11) is 0. The zero-order valence-electron chi connectivity index (χ0n) is 8.26. The van der Waals surface area contributed by atoms with Crippen molar-refractivity contribution in [1.29, 1.82) is 0 Å². The molecular formula is C11H15Br2N. The molecule has 0 radical (unpaired) electrons. The first-order chi connectivity index (χ1) is 6.65. The predicted octanol–water partition coefficient (Wildman–Crippen LogP) is 4.40. The maximum atomic E-state index is 6.10. The van der Waals surface area contributed by atoms with Gasteiger partial charge < -0.3 is 5.73 Å². The molecule has 1 nitrogen and oxygen atoms in total. The summed E-state index contributed by atoms with van der Waals surface area (Å²) in [4.78, 5) is 0. The van der Waals surface area contributed by atoms with E-state index in [1.165, 1.54) is 18.4 Å². The first-order valence-electron chi connectivity index (χ1n) is 4.85. The van der Waals surface area contributed by atoms with Gasteiger partial charge in [-0.05, 0) is 30.2 Å². The summed E-state index contributed by atoms with van der Waals surface area (Å²) >= 11 is 6.98. The molecule has 2 N–H and O–H groups in total. The van der Waals surface area contributed by atoms with E-state index in [0.717, 1.165) is 15.4 Å². The number of hydrogen-bond donors (Lipinski definition) is 1. The predicted molar refractivity (Wildman–Crippen MR) is 68.3 cm³/mol. The molecule has 0 bridgehead atoms. The summed E-state index contributed by atoms with van der Waals surface area (Å²) in [6, 6.07) is 6.28. The van der Waals surface area contributed by atoms with Crippen LogP contribution in [0.2, 0.25) is 0 Å². The van der Waals surface area contributed by atoms with Gasteiger partial charge in [0.05, 0.1) is 0 Å². The van der Waals surface area contributed by atoms with Gasteiger partial charge in [-0.25, -0.2) is 0 Å². The van der Waals surface area contributed by atoms with Gasteiger partial charge in [-0.15, -0.1) is 0 Å². The minimum atomic E-state index is 0.141. The highest BCUT2D eigenvalue weighted by atomic mass is 79.9. The van der Waals surface area contributed by atoms with Crippen molar-refractivity contribution in [1.82, 2.24) is 0 Å². The largest absolute Gasteiger partial charge is 0.324 e. The van der Waals surface area contributed by atoms with Gasteiger partial charge in [0.2, 0.25) is 0 Å². The first kappa shape index (κ1) is 12.2. The molecule has 0 aliphatic heterocycles. The van der Waals surface area contributed by atoms with Crippen LogP contribution in [0.25, 0.3) is 0 Å². The van der Waals surface area contributed by atoms with Crippen LogP contribution in [0.1, 0.15) is 37.8 Å². The minimum absolute atomic E-state index is 0.141. The van der Waals surface area contributed by atoms with E-state index in [1.54, 1.807) is 0 Å². The third-order valence-electron chi connectivity index (χ3n) is 2.23. The van der Waals surface area contributed by atoms with Gasteiger partial charge in [0, 0.05) is 15.0 Å². The highest BCUT2D eigenvalue weighted by molar-refractivity contribution is 9.11. The summed E-state index contributed by atoms with van der Waals surface area (Å²) in [5, 5.41) is 0. The van der Waals surface area contributed by atoms with Crippen LogP contribution in [0, 0.1) is 0 Å². The lowest BCUT2D eigenvalue weighted by atomic mass is 10.0. The zero-order valence-corrected chi connectivity index (χ0v) is 11.4. The Labute approximate surface area is 102 Å². The molecule has 1 aromatic rings. The molecule has 14 heavy (non-hydrogen) atoms. The van der Waals surface area contributed by atoms with Crippen molar-refractivity contribution in [2.45, 2.75) is 32.2 Å². The molecule has 0 amide bonds. The molecule has 1 aromatic carbocycles. The molecule has 78 valence electrons. The molecular weight excluding hydrogens is 306 g/mol. The third-order valence-corrected chi connectivity index (χ3v) is 3.44. The van der Waals surface area contributed by atoms with Crippen LogP contribution in [-0.4, -0.2) is 0 Å². The van der Waals surface area contributed by atoms with Crippen LogP contribution < -0.4 is 5.73 Å². The smallest absolute Gasteiger partial charge is 0.0306 e. The van der Waals surface area contributed by atoms with Gasteiger partial charge in [-0.2, -0.15) is 0 Å². The van der Waals surface area contributed by atoms with Crippen molar-refractivity contribution in [3.8, 4) is 0 Å². The van der Waals surface area contributed by atoms with Crippen LogP contribution >= 0.6 is 31.9 Å². The number of nitrogens with two attached hydrogens (primary N) is 1. The lowest BCUT2D eigenvalue weighted by Crippen LogP contribution is -2.10. The van der Waals surface area contributed by atoms with E-state index >= 15 is 0 Å². The van der Waals surface area contributed by atoms with Crippen molar-refractivity contribution in [2.24, 2.45) is 5.73 Å². The first-order valence-corrected chi connectivity index (χ1v) is 6.44. The van der Waals surface area contributed by atoms with Crippen LogP contribution in [0.15, 0.2) is 27.1 Å². The Balaban J connectivity index is 2.77. The van der Waals surface area contributed by atoms with Crippen LogP contribution in [-0.2, 0) is 0 Å². The minimum Gasteiger partial charge on any atom is -0.324 e. The fourth-order valence-electron chi connectivity index (χ4n) is 1.38. The Kier molecular flexibility index (Phi) is 5.13. The van der Waals surface area contributed by atoms with E-state index in [1.807, 2.05) is 12.1 Å². The summed E-state index contributed by atoms with van der Waals surface area (Å²) in [6.07, 6.45) is 3.42. The number of benzene rings is 1. The topological polar surface area (TPSA) is 26.0 Å². The third kappa shape index (κ3) is 3.37. The normalized spacial score (nSPS) is 12.9.